The smallest absolute Gasteiger partial charge is 0.326 e. The number of rotatable bonds is 14. The molecule has 196 valence electrons. The van der Waals surface area contributed by atoms with Crippen molar-refractivity contribution in [2.75, 3.05) is 0 Å². The van der Waals surface area contributed by atoms with Gasteiger partial charge < -0.3 is 26.8 Å². The number of hydrogen-bond acceptors (Lipinski definition) is 5. The predicted molar refractivity (Wildman–Crippen MR) is 135 cm³/mol. The van der Waals surface area contributed by atoms with Gasteiger partial charge in [-0.1, -0.05) is 78.3 Å². The third-order valence-corrected chi connectivity index (χ3v) is 6.00. The molecule has 0 saturated heterocycles. The Balaban J connectivity index is 2.94. The summed E-state index contributed by atoms with van der Waals surface area (Å²) in [4.78, 5) is 50.5. The lowest BCUT2D eigenvalue weighted by Crippen LogP contribution is -2.59. The third kappa shape index (κ3) is 10.1. The molecule has 0 saturated carbocycles. The Morgan fingerprint density at radius 1 is 0.857 bits per heavy atom. The van der Waals surface area contributed by atoms with Gasteiger partial charge in [0.05, 0.1) is 6.04 Å². The van der Waals surface area contributed by atoms with E-state index in [9.17, 15) is 24.3 Å². The zero-order valence-corrected chi connectivity index (χ0v) is 21.7. The maximum Gasteiger partial charge on any atom is 0.326 e. The maximum atomic E-state index is 13.2. The first-order chi connectivity index (χ1) is 16.4. The van der Waals surface area contributed by atoms with Crippen LogP contribution in [0.5, 0.6) is 0 Å². The summed E-state index contributed by atoms with van der Waals surface area (Å²) >= 11 is 0. The van der Waals surface area contributed by atoms with Crippen LogP contribution in [0.4, 0.5) is 0 Å². The van der Waals surface area contributed by atoms with Crippen LogP contribution in [0.25, 0.3) is 0 Å². The minimum Gasteiger partial charge on any atom is -0.480 e. The second-order valence-electron chi connectivity index (χ2n) is 9.93. The average Bonchev–Trinajstić information content (AvgIpc) is 2.79. The number of carbonyl (C=O) groups is 4. The average molecular weight is 491 g/mol. The first-order valence-electron chi connectivity index (χ1n) is 12.3. The minimum atomic E-state index is -1.13. The highest BCUT2D eigenvalue weighted by Crippen LogP contribution is 2.12. The molecule has 1 aromatic carbocycles. The van der Waals surface area contributed by atoms with Crippen molar-refractivity contribution in [1.82, 2.24) is 16.0 Å². The van der Waals surface area contributed by atoms with Crippen LogP contribution in [-0.2, 0) is 25.6 Å². The molecule has 0 radical (unpaired) electrons. The Bertz CT molecular complexity index is 843. The van der Waals surface area contributed by atoms with Crippen molar-refractivity contribution in [1.29, 1.82) is 0 Å². The molecule has 9 nitrogen and oxygen atoms in total. The molecule has 0 aromatic heterocycles. The maximum absolute atomic E-state index is 13.2. The van der Waals surface area contributed by atoms with E-state index < -0.39 is 47.9 Å². The van der Waals surface area contributed by atoms with Gasteiger partial charge in [0.25, 0.3) is 0 Å². The molecule has 35 heavy (non-hydrogen) atoms. The van der Waals surface area contributed by atoms with Crippen LogP contribution >= 0.6 is 0 Å². The number of nitrogens with two attached hydrogens (primary N) is 1. The molecule has 0 heterocycles. The topological polar surface area (TPSA) is 151 Å². The van der Waals surface area contributed by atoms with Crippen LogP contribution in [0.1, 0.15) is 59.9 Å². The summed E-state index contributed by atoms with van der Waals surface area (Å²) < 4.78 is 0. The highest BCUT2D eigenvalue weighted by Gasteiger charge is 2.33. The first-order valence-corrected chi connectivity index (χ1v) is 12.3. The molecule has 6 N–H and O–H groups in total. The Hall–Kier alpha value is -2.94. The summed E-state index contributed by atoms with van der Waals surface area (Å²) in [5, 5.41) is 17.5. The number of carbonyl (C=O) groups excluding carboxylic acids is 3. The predicted octanol–water partition coefficient (Wildman–Crippen LogP) is 1.84. The van der Waals surface area contributed by atoms with Crippen LogP contribution in [0, 0.1) is 17.8 Å². The van der Waals surface area contributed by atoms with Gasteiger partial charge in [-0.2, -0.15) is 0 Å². The van der Waals surface area contributed by atoms with E-state index in [0.29, 0.717) is 19.3 Å². The fourth-order valence-electron chi connectivity index (χ4n) is 3.66. The van der Waals surface area contributed by atoms with E-state index >= 15 is 0 Å². The lowest BCUT2D eigenvalue weighted by atomic mass is 9.96. The molecule has 1 aromatic rings. The highest BCUT2D eigenvalue weighted by molar-refractivity contribution is 5.94. The van der Waals surface area contributed by atoms with Gasteiger partial charge in [0.2, 0.25) is 17.7 Å². The van der Waals surface area contributed by atoms with Crippen LogP contribution in [-0.4, -0.2) is 53.0 Å². The zero-order chi connectivity index (χ0) is 26.7. The standard InChI is InChI=1S/C26H42N4O5/c1-7-17(6)22(26(34)35)30-25(33)21(16(4)5)29-24(32)20(13-15(2)3)28-23(31)19(27)14-18-11-9-8-10-12-18/h8-12,15-17,19-22H,7,13-14,27H2,1-6H3,(H,28,31)(H,29,32)(H,30,33)(H,34,35). The van der Waals surface area contributed by atoms with E-state index in [-0.39, 0.29) is 17.8 Å². The number of amides is 3. The monoisotopic (exact) mass is 490 g/mol. The molecule has 0 bridgehead atoms. The number of benzene rings is 1. The summed E-state index contributed by atoms with van der Waals surface area (Å²) in [6.45, 7) is 11.0. The normalized spacial score (nSPS) is 15.6. The molecule has 0 fully saturated rings. The van der Waals surface area contributed by atoms with Gasteiger partial charge in [0.15, 0.2) is 0 Å². The molecule has 0 aliphatic rings. The van der Waals surface area contributed by atoms with Crippen molar-refractivity contribution >= 4 is 23.7 Å². The largest absolute Gasteiger partial charge is 0.480 e. The van der Waals surface area contributed by atoms with Gasteiger partial charge in [0, 0.05) is 0 Å². The van der Waals surface area contributed by atoms with Crippen molar-refractivity contribution in [3.05, 3.63) is 35.9 Å². The lowest BCUT2D eigenvalue weighted by molar-refractivity contribution is -0.144. The lowest BCUT2D eigenvalue weighted by Gasteiger charge is -2.28. The minimum absolute atomic E-state index is 0.0875. The van der Waals surface area contributed by atoms with Crippen molar-refractivity contribution in [2.45, 2.75) is 85.0 Å². The zero-order valence-electron chi connectivity index (χ0n) is 21.7. The molecule has 5 atom stereocenters. The van der Waals surface area contributed by atoms with Crippen LogP contribution in [0.2, 0.25) is 0 Å². The van der Waals surface area contributed by atoms with Crippen molar-refractivity contribution in [3.63, 3.8) is 0 Å². The molecule has 3 amide bonds. The van der Waals surface area contributed by atoms with E-state index in [4.69, 9.17) is 5.73 Å². The SMILES string of the molecule is CCC(C)C(NC(=O)C(NC(=O)C(CC(C)C)NC(=O)C(N)Cc1ccccc1)C(C)C)C(=O)O. The summed E-state index contributed by atoms with van der Waals surface area (Å²) in [6, 6.07) is 5.61. The van der Waals surface area contributed by atoms with Crippen molar-refractivity contribution in [2.24, 2.45) is 23.5 Å². The van der Waals surface area contributed by atoms with Crippen LogP contribution < -0.4 is 21.7 Å². The molecule has 5 unspecified atom stereocenters. The highest BCUT2D eigenvalue weighted by atomic mass is 16.4. The van der Waals surface area contributed by atoms with Crippen LogP contribution in [0.15, 0.2) is 30.3 Å². The van der Waals surface area contributed by atoms with Gasteiger partial charge in [-0.15, -0.1) is 0 Å². The molecule has 0 spiro atoms. The third-order valence-electron chi connectivity index (χ3n) is 6.00. The van der Waals surface area contributed by atoms with Gasteiger partial charge in [-0.25, -0.2) is 4.79 Å². The summed E-state index contributed by atoms with van der Waals surface area (Å²) in [5.41, 5.74) is 7.00. The molecule has 0 aliphatic carbocycles. The fourth-order valence-corrected chi connectivity index (χ4v) is 3.66. The van der Waals surface area contributed by atoms with E-state index in [1.54, 1.807) is 20.8 Å². The summed E-state index contributed by atoms with van der Waals surface area (Å²) in [5.74, 6) is -3.16. The second kappa shape index (κ2) is 14.5. The van der Waals surface area contributed by atoms with Gasteiger partial charge in [-0.3, -0.25) is 14.4 Å². The summed E-state index contributed by atoms with van der Waals surface area (Å²) in [6.07, 6.45) is 1.25. The Labute approximate surface area is 208 Å². The summed E-state index contributed by atoms with van der Waals surface area (Å²) in [7, 11) is 0. The quantitative estimate of drug-likeness (QED) is 0.268. The fraction of sp³-hybridized carbons (Fsp3) is 0.615. The Morgan fingerprint density at radius 2 is 1.43 bits per heavy atom. The molecule has 0 aliphatic heterocycles. The molecule has 9 heteroatoms. The second-order valence-corrected chi connectivity index (χ2v) is 9.93. The Morgan fingerprint density at radius 3 is 1.91 bits per heavy atom. The van der Waals surface area contributed by atoms with Gasteiger partial charge >= 0.3 is 5.97 Å². The Kier molecular flexibility index (Phi) is 12.4. The van der Waals surface area contributed by atoms with Crippen molar-refractivity contribution < 1.29 is 24.3 Å². The number of hydrogen-bond donors (Lipinski definition) is 5. The molecular formula is C26H42N4O5. The van der Waals surface area contributed by atoms with E-state index in [0.717, 1.165) is 5.56 Å². The van der Waals surface area contributed by atoms with E-state index in [1.807, 2.05) is 51.1 Å². The molecule has 1 rings (SSSR count). The number of nitrogens with one attached hydrogen (secondary N) is 3. The van der Waals surface area contributed by atoms with Gasteiger partial charge in [0.1, 0.15) is 18.1 Å². The van der Waals surface area contributed by atoms with Gasteiger partial charge in [-0.05, 0) is 36.2 Å². The van der Waals surface area contributed by atoms with Crippen LogP contribution in [0.3, 0.4) is 0 Å². The molecular weight excluding hydrogens is 448 g/mol. The van der Waals surface area contributed by atoms with E-state index in [2.05, 4.69) is 16.0 Å². The number of aliphatic carboxylic acids is 1. The van der Waals surface area contributed by atoms with E-state index in [1.165, 1.54) is 0 Å². The number of carboxylic acids is 1. The first kappa shape index (κ1) is 30.1. The van der Waals surface area contributed by atoms with Crippen molar-refractivity contribution in [3.8, 4) is 0 Å². The number of carboxylic acid groups (broad SMARTS) is 1.